The third kappa shape index (κ3) is 1.88. The first-order valence-electron chi connectivity index (χ1n) is 3.80. The number of carbonyl (C=O) groups excluding carboxylic acids is 1. The van der Waals surface area contributed by atoms with E-state index < -0.39 is 5.97 Å². The Hall–Kier alpha value is -2.33. The highest BCUT2D eigenvalue weighted by Crippen LogP contribution is 2.20. The normalized spacial score (nSPS) is 8.50. The van der Waals surface area contributed by atoms with Crippen molar-refractivity contribution in [1.82, 2.24) is 0 Å². The van der Waals surface area contributed by atoms with Crippen molar-refractivity contribution in [3.05, 3.63) is 29.3 Å². The van der Waals surface area contributed by atoms with Crippen LogP contribution in [0, 0.1) is 22.7 Å². The van der Waals surface area contributed by atoms with E-state index in [2.05, 4.69) is 0 Å². The van der Waals surface area contributed by atoms with Crippen molar-refractivity contribution in [2.45, 2.75) is 6.92 Å². The van der Waals surface area contributed by atoms with E-state index in [9.17, 15) is 4.79 Å². The molecule has 0 spiro atoms. The molecule has 0 aliphatic heterocycles. The summed E-state index contributed by atoms with van der Waals surface area (Å²) in [5, 5.41) is 17.4. The first kappa shape index (κ1) is 9.76. The zero-order chi connectivity index (χ0) is 10.6. The van der Waals surface area contributed by atoms with E-state index in [1.54, 1.807) is 6.07 Å². The second kappa shape index (κ2) is 4.06. The Labute approximate surface area is 81.0 Å². The molecule has 0 N–H and O–H groups in total. The fourth-order valence-electron chi connectivity index (χ4n) is 0.980. The van der Waals surface area contributed by atoms with E-state index in [-0.39, 0.29) is 16.9 Å². The Morgan fingerprint density at radius 1 is 1.36 bits per heavy atom. The minimum atomic E-state index is -0.517. The molecular weight excluding hydrogens is 180 g/mol. The van der Waals surface area contributed by atoms with Gasteiger partial charge in [0.05, 0.1) is 5.56 Å². The van der Waals surface area contributed by atoms with Gasteiger partial charge in [0.1, 0.15) is 23.5 Å². The highest BCUT2D eigenvalue weighted by molar-refractivity contribution is 5.71. The third-order valence-corrected chi connectivity index (χ3v) is 1.51. The lowest BCUT2D eigenvalue weighted by Crippen LogP contribution is -2.03. The summed E-state index contributed by atoms with van der Waals surface area (Å²) >= 11 is 0. The molecule has 0 fully saturated rings. The van der Waals surface area contributed by atoms with Crippen molar-refractivity contribution in [3.8, 4) is 17.9 Å². The Balaban J connectivity index is 3.25. The van der Waals surface area contributed by atoms with E-state index in [4.69, 9.17) is 15.3 Å². The maximum atomic E-state index is 10.7. The van der Waals surface area contributed by atoms with Crippen LogP contribution in [-0.4, -0.2) is 5.97 Å². The fourth-order valence-corrected chi connectivity index (χ4v) is 0.980. The van der Waals surface area contributed by atoms with Crippen molar-refractivity contribution < 1.29 is 9.53 Å². The van der Waals surface area contributed by atoms with E-state index in [1.807, 2.05) is 12.1 Å². The average molecular weight is 186 g/mol. The van der Waals surface area contributed by atoms with E-state index >= 15 is 0 Å². The van der Waals surface area contributed by atoms with Crippen molar-refractivity contribution >= 4 is 5.97 Å². The molecule has 0 aromatic heterocycles. The van der Waals surface area contributed by atoms with Gasteiger partial charge in [-0.2, -0.15) is 10.5 Å². The first-order chi connectivity index (χ1) is 6.69. The van der Waals surface area contributed by atoms with Crippen LogP contribution < -0.4 is 4.74 Å². The molecule has 0 heterocycles. The molecule has 0 aliphatic carbocycles. The number of ether oxygens (including phenoxy) is 1. The van der Waals surface area contributed by atoms with Gasteiger partial charge < -0.3 is 4.74 Å². The van der Waals surface area contributed by atoms with Crippen molar-refractivity contribution in [2.24, 2.45) is 0 Å². The zero-order valence-corrected chi connectivity index (χ0v) is 7.44. The minimum Gasteiger partial charge on any atom is -0.425 e. The number of nitriles is 2. The Morgan fingerprint density at radius 2 is 2.07 bits per heavy atom. The molecule has 4 heteroatoms. The summed E-state index contributed by atoms with van der Waals surface area (Å²) < 4.78 is 4.77. The lowest BCUT2D eigenvalue weighted by atomic mass is 10.1. The lowest BCUT2D eigenvalue weighted by Gasteiger charge is -2.03. The molecule has 0 radical (unpaired) electrons. The predicted octanol–water partition coefficient (Wildman–Crippen LogP) is 1.36. The topological polar surface area (TPSA) is 73.9 Å². The molecule has 0 atom stereocenters. The predicted molar refractivity (Wildman–Crippen MR) is 47.2 cm³/mol. The highest BCUT2D eigenvalue weighted by atomic mass is 16.5. The molecule has 0 aliphatic rings. The highest BCUT2D eigenvalue weighted by Gasteiger charge is 2.09. The van der Waals surface area contributed by atoms with E-state index in [0.717, 1.165) is 0 Å². The van der Waals surface area contributed by atoms with E-state index in [1.165, 1.54) is 19.1 Å². The summed E-state index contributed by atoms with van der Waals surface area (Å²) in [6.07, 6.45) is 0. The third-order valence-electron chi connectivity index (χ3n) is 1.51. The van der Waals surface area contributed by atoms with Gasteiger partial charge in [0, 0.05) is 6.92 Å². The molecule has 0 amide bonds. The maximum Gasteiger partial charge on any atom is 0.308 e. The van der Waals surface area contributed by atoms with E-state index in [0.29, 0.717) is 0 Å². The molecule has 1 aromatic rings. The van der Waals surface area contributed by atoms with Gasteiger partial charge in [-0.05, 0) is 12.1 Å². The van der Waals surface area contributed by atoms with Gasteiger partial charge in [-0.1, -0.05) is 6.07 Å². The van der Waals surface area contributed by atoms with Crippen LogP contribution in [0.4, 0.5) is 0 Å². The molecule has 14 heavy (non-hydrogen) atoms. The van der Waals surface area contributed by atoms with Crippen molar-refractivity contribution in [1.29, 1.82) is 10.5 Å². The number of esters is 1. The number of nitrogens with zero attached hydrogens (tertiary/aromatic N) is 2. The summed E-state index contributed by atoms with van der Waals surface area (Å²) in [6, 6.07) is 8.18. The molecule has 4 nitrogen and oxygen atoms in total. The van der Waals surface area contributed by atoms with Crippen LogP contribution in [0.2, 0.25) is 0 Å². The Bertz CT molecular complexity index is 452. The van der Waals surface area contributed by atoms with Gasteiger partial charge in [0.2, 0.25) is 0 Å². The number of hydrogen-bond acceptors (Lipinski definition) is 4. The number of hydrogen-bond donors (Lipinski definition) is 0. The largest absolute Gasteiger partial charge is 0.425 e. The SMILES string of the molecule is CC(=O)Oc1cccc(C#N)c1C#N. The van der Waals surface area contributed by atoms with Crippen LogP contribution in [0.15, 0.2) is 18.2 Å². The molecule has 0 unspecified atom stereocenters. The van der Waals surface area contributed by atoms with Gasteiger partial charge in [0.25, 0.3) is 0 Å². The lowest BCUT2D eigenvalue weighted by molar-refractivity contribution is -0.131. The monoisotopic (exact) mass is 186 g/mol. The van der Waals surface area contributed by atoms with Crippen LogP contribution in [0.25, 0.3) is 0 Å². The molecule has 0 bridgehead atoms. The second-order valence-electron chi connectivity index (χ2n) is 2.50. The standard InChI is InChI=1S/C10H6N2O2/c1-7(13)14-10-4-2-3-8(5-11)9(10)6-12/h2-4H,1H3. The summed E-state index contributed by atoms with van der Waals surface area (Å²) in [5.74, 6) is -0.393. The van der Waals surface area contributed by atoms with Gasteiger partial charge >= 0.3 is 5.97 Å². The van der Waals surface area contributed by atoms with Gasteiger partial charge in [-0.15, -0.1) is 0 Å². The van der Waals surface area contributed by atoms with Gasteiger partial charge in [0.15, 0.2) is 0 Å². The number of benzene rings is 1. The Morgan fingerprint density at radius 3 is 2.57 bits per heavy atom. The molecular formula is C10H6N2O2. The number of rotatable bonds is 1. The first-order valence-corrected chi connectivity index (χ1v) is 3.80. The quantitative estimate of drug-likeness (QED) is 0.490. The smallest absolute Gasteiger partial charge is 0.308 e. The maximum absolute atomic E-state index is 10.7. The summed E-state index contributed by atoms with van der Waals surface area (Å²) in [4.78, 5) is 10.7. The molecule has 0 saturated heterocycles. The Kier molecular flexibility index (Phi) is 2.83. The minimum absolute atomic E-state index is 0.0881. The summed E-state index contributed by atoms with van der Waals surface area (Å²) in [5.41, 5.74) is 0.288. The molecule has 1 rings (SSSR count). The summed E-state index contributed by atoms with van der Waals surface area (Å²) in [7, 11) is 0. The summed E-state index contributed by atoms with van der Waals surface area (Å²) in [6.45, 7) is 1.24. The van der Waals surface area contributed by atoms with Crippen LogP contribution in [0.1, 0.15) is 18.1 Å². The molecule has 68 valence electrons. The molecule has 1 aromatic carbocycles. The van der Waals surface area contributed by atoms with Crippen LogP contribution >= 0.6 is 0 Å². The second-order valence-corrected chi connectivity index (χ2v) is 2.50. The zero-order valence-electron chi connectivity index (χ0n) is 7.44. The van der Waals surface area contributed by atoms with Crippen molar-refractivity contribution in [3.63, 3.8) is 0 Å². The fraction of sp³-hybridized carbons (Fsp3) is 0.100. The van der Waals surface area contributed by atoms with Gasteiger partial charge in [-0.25, -0.2) is 0 Å². The van der Waals surface area contributed by atoms with Crippen LogP contribution in [0.5, 0.6) is 5.75 Å². The average Bonchev–Trinajstić information content (AvgIpc) is 2.16. The van der Waals surface area contributed by atoms with Crippen LogP contribution in [0.3, 0.4) is 0 Å². The number of carbonyl (C=O) groups is 1. The van der Waals surface area contributed by atoms with Crippen LogP contribution in [-0.2, 0) is 4.79 Å². The van der Waals surface area contributed by atoms with Gasteiger partial charge in [-0.3, -0.25) is 4.79 Å². The molecule has 0 saturated carbocycles. The van der Waals surface area contributed by atoms with Crippen molar-refractivity contribution in [2.75, 3.05) is 0 Å².